The lowest BCUT2D eigenvalue weighted by Crippen LogP contribution is -2.57. The zero-order chi connectivity index (χ0) is 38.0. The van der Waals surface area contributed by atoms with Crippen LogP contribution in [0.5, 0.6) is 0 Å². The summed E-state index contributed by atoms with van der Waals surface area (Å²) in [7, 11) is -2.27. The van der Waals surface area contributed by atoms with E-state index in [4.69, 9.17) is 5.21 Å². The Morgan fingerprint density at radius 1 is 0.942 bits per heavy atom. The molecule has 0 aliphatic carbocycles. The van der Waals surface area contributed by atoms with E-state index in [1.165, 1.54) is 39.7 Å². The highest BCUT2D eigenvalue weighted by molar-refractivity contribution is 7.89. The van der Waals surface area contributed by atoms with Crippen LogP contribution < -0.4 is 10.6 Å². The molecule has 1 aliphatic rings. The first kappa shape index (κ1) is 40.1. The van der Waals surface area contributed by atoms with Gasteiger partial charge in [-0.15, -0.1) is 0 Å². The summed E-state index contributed by atoms with van der Waals surface area (Å²) in [5.41, 5.74) is 3.08. The molecule has 4 amide bonds. The fraction of sp³-hybridized carbons (Fsp3) is 0.421. The summed E-state index contributed by atoms with van der Waals surface area (Å²) in [5, 5.41) is 29.6. The Labute approximate surface area is 306 Å². The van der Waals surface area contributed by atoms with E-state index in [0.717, 1.165) is 21.6 Å². The number of carbonyl (C=O) groups excluding carboxylic acids is 3. The van der Waals surface area contributed by atoms with Crippen molar-refractivity contribution in [1.82, 2.24) is 24.7 Å². The summed E-state index contributed by atoms with van der Waals surface area (Å²) in [6, 6.07) is 20.0. The van der Waals surface area contributed by atoms with Crippen LogP contribution in [0.25, 0.3) is 0 Å². The number of hydrogen-bond donors (Lipinski definition) is 4. The minimum absolute atomic E-state index is 0.00511. The van der Waals surface area contributed by atoms with Gasteiger partial charge in [0.2, 0.25) is 15.9 Å². The molecule has 52 heavy (non-hydrogen) atoms. The van der Waals surface area contributed by atoms with Crippen molar-refractivity contribution in [2.24, 2.45) is 17.0 Å². The molecule has 280 valence electrons. The monoisotopic (exact) mass is 734 g/mol. The van der Waals surface area contributed by atoms with Crippen LogP contribution in [0.4, 0.5) is 4.79 Å². The largest absolute Gasteiger partial charge is 0.411 e. The van der Waals surface area contributed by atoms with Gasteiger partial charge in [0.05, 0.1) is 29.8 Å². The predicted molar refractivity (Wildman–Crippen MR) is 198 cm³/mol. The van der Waals surface area contributed by atoms with Crippen LogP contribution in [0.15, 0.2) is 88.9 Å². The van der Waals surface area contributed by atoms with E-state index in [1.54, 1.807) is 13.8 Å². The number of nitrogens with zero attached hydrogens (tertiary/aromatic N) is 4. The zero-order valence-corrected chi connectivity index (χ0v) is 31.2. The molecule has 0 bridgehead atoms. The molecule has 3 aromatic carbocycles. The summed E-state index contributed by atoms with van der Waals surface area (Å²) < 4.78 is 29.0. The Morgan fingerprint density at radius 3 is 2.21 bits per heavy atom. The van der Waals surface area contributed by atoms with E-state index >= 15 is 0 Å². The van der Waals surface area contributed by atoms with Crippen LogP contribution >= 0.6 is 0 Å². The molecule has 0 unspecified atom stereocenters. The van der Waals surface area contributed by atoms with E-state index < -0.39 is 52.0 Å². The summed E-state index contributed by atoms with van der Waals surface area (Å²) in [5.74, 6) is -1.48. The standard InChI is InChI=1S/C38H50N6O7S/c1-26(2)22-42(52(50,51)32-16-14-29(15-17-32)21-40-49)24-34(45)33(19-28-10-7-6-8-11-28)41-37(47)36(27(3)4)44-25-35(46)43(38(44)48)23-31-13-9-12-30(18-31)20-39-5/h6-18,21,26-27,33-34,36,39,45,49H,19-20,22-25H2,1-5H3,(H,41,47)/t33-,34+,36-/m0/s1. The molecule has 4 rings (SSSR count). The van der Waals surface area contributed by atoms with Crippen molar-refractivity contribution in [1.29, 1.82) is 0 Å². The molecular formula is C38H50N6O7S. The molecule has 1 saturated heterocycles. The number of amides is 4. The van der Waals surface area contributed by atoms with Gasteiger partial charge in [-0.2, -0.15) is 4.31 Å². The molecule has 1 aliphatic heterocycles. The van der Waals surface area contributed by atoms with Gasteiger partial charge in [0.1, 0.15) is 12.6 Å². The van der Waals surface area contributed by atoms with Crippen LogP contribution in [-0.4, -0.2) is 102 Å². The molecular weight excluding hydrogens is 685 g/mol. The maximum absolute atomic E-state index is 14.2. The minimum atomic E-state index is -4.10. The number of aliphatic hydroxyl groups excluding tert-OH is 1. The van der Waals surface area contributed by atoms with Gasteiger partial charge < -0.3 is 25.8 Å². The van der Waals surface area contributed by atoms with Crippen LogP contribution in [0.1, 0.15) is 49.9 Å². The maximum atomic E-state index is 14.2. The highest BCUT2D eigenvalue weighted by Gasteiger charge is 2.44. The Bertz CT molecular complexity index is 1800. The van der Waals surface area contributed by atoms with Crippen molar-refractivity contribution in [2.75, 3.05) is 26.7 Å². The molecule has 14 heteroatoms. The van der Waals surface area contributed by atoms with E-state index in [0.29, 0.717) is 12.1 Å². The smallest absolute Gasteiger partial charge is 0.328 e. The first-order valence-electron chi connectivity index (χ1n) is 17.4. The topological polar surface area (TPSA) is 172 Å². The summed E-state index contributed by atoms with van der Waals surface area (Å²) in [6.07, 6.45) is -0.00464. The highest BCUT2D eigenvalue weighted by atomic mass is 32.2. The lowest BCUT2D eigenvalue weighted by molar-refractivity contribution is -0.129. The fourth-order valence-electron chi connectivity index (χ4n) is 6.34. The van der Waals surface area contributed by atoms with Gasteiger partial charge in [-0.1, -0.05) is 99.6 Å². The number of rotatable bonds is 18. The predicted octanol–water partition coefficient (Wildman–Crippen LogP) is 3.44. The summed E-state index contributed by atoms with van der Waals surface area (Å²) >= 11 is 0. The molecule has 0 aromatic heterocycles. The Kier molecular flexibility index (Phi) is 14.1. The molecule has 13 nitrogen and oxygen atoms in total. The normalized spacial score (nSPS) is 15.6. The van der Waals surface area contributed by atoms with Crippen LogP contribution in [0.3, 0.4) is 0 Å². The Hall–Kier alpha value is -4.63. The summed E-state index contributed by atoms with van der Waals surface area (Å²) in [4.78, 5) is 43.5. The second kappa shape index (κ2) is 18.2. The van der Waals surface area contributed by atoms with Crippen LogP contribution in [-0.2, 0) is 39.1 Å². The third kappa shape index (κ3) is 10.2. The third-order valence-electron chi connectivity index (χ3n) is 8.81. The van der Waals surface area contributed by atoms with Gasteiger partial charge in [0.15, 0.2) is 0 Å². The maximum Gasteiger partial charge on any atom is 0.328 e. The number of oxime groups is 1. The average molecular weight is 735 g/mol. The number of nitrogens with one attached hydrogen (secondary N) is 2. The van der Waals surface area contributed by atoms with E-state index in [1.807, 2.05) is 75.5 Å². The quantitative estimate of drug-likeness (QED) is 0.0667. The van der Waals surface area contributed by atoms with Crippen molar-refractivity contribution in [3.05, 3.63) is 101 Å². The van der Waals surface area contributed by atoms with E-state index in [-0.39, 0.29) is 43.4 Å². The number of imide groups is 1. The molecule has 0 spiro atoms. The molecule has 0 radical (unpaired) electrons. The van der Waals surface area contributed by atoms with E-state index in [2.05, 4.69) is 15.8 Å². The number of hydrogen-bond acceptors (Lipinski definition) is 9. The molecule has 3 atom stereocenters. The van der Waals surface area contributed by atoms with Gasteiger partial charge in [0.25, 0.3) is 5.91 Å². The Balaban J connectivity index is 1.58. The van der Waals surface area contributed by atoms with Gasteiger partial charge in [0, 0.05) is 19.6 Å². The van der Waals surface area contributed by atoms with Crippen molar-refractivity contribution in [2.45, 2.75) is 70.3 Å². The van der Waals surface area contributed by atoms with Crippen molar-refractivity contribution >= 4 is 34.1 Å². The average Bonchev–Trinajstić information content (AvgIpc) is 3.36. The number of urea groups is 1. The van der Waals surface area contributed by atoms with Crippen LogP contribution in [0, 0.1) is 11.8 Å². The van der Waals surface area contributed by atoms with Crippen molar-refractivity contribution in [3.63, 3.8) is 0 Å². The third-order valence-corrected chi connectivity index (χ3v) is 10.7. The lowest BCUT2D eigenvalue weighted by atomic mass is 9.97. The number of sulfonamides is 1. The summed E-state index contributed by atoms with van der Waals surface area (Å²) in [6.45, 7) is 7.47. The van der Waals surface area contributed by atoms with E-state index in [9.17, 15) is 27.9 Å². The SMILES string of the molecule is CNCc1cccc(CN2C(=O)CN([C@H](C(=O)N[C@@H](Cc3ccccc3)[C@H](O)CN(CC(C)C)S(=O)(=O)c3ccc(C=NO)cc3)C(C)C)C2=O)c1. The second-order valence-electron chi connectivity index (χ2n) is 13.8. The highest BCUT2D eigenvalue weighted by Crippen LogP contribution is 2.24. The van der Waals surface area contributed by atoms with Crippen molar-refractivity contribution < 1.29 is 33.1 Å². The minimum Gasteiger partial charge on any atom is -0.411 e. The molecule has 0 saturated carbocycles. The van der Waals surface area contributed by atoms with Gasteiger partial charge in [-0.3, -0.25) is 14.5 Å². The number of aliphatic hydroxyl groups is 1. The first-order chi connectivity index (χ1) is 24.7. The number of benzene rings is 3. The Morgan fingerprint density at radius 2 is 1.60 bits per heavy atom. The van der Waals surface area contributed by atoms with Crippen LogP contribution in [0.2, 0.25) is 0 Å². The second-order valence-corrected chi connectivity index (χ2v) is 15.8. The number of carbonyl (C=O) groups is 3. The molecule has 3 aromatic rings. The molecule has 1 fully saturated rings. The first-order valence-corrected chi connectivity index (χ1v) is 18.8. The van der Waals surface area contributed by atoms with Gasteiger partial charge in [-0.25, -0.2) is 13.2 Å². The lowest BCUT2D eigenvalue weighted by Gasteiger charge is -2.34. The molecule has 1 heterocycles. The van der Waals surface area contributed by atoms with Gasteiger partial charge >= 0.3 is 6.03 Å². The molecule has 4 N–H and O–H groups in total. The zero-order valence-electron chi connectivity index (χ0n) is 30.3. The fourth-order valence-corrected chi connectivity index (χ4v) is 7.96. The van der Waals surface area contributed by atoms with Gasteiger partial charge in [-0.05, 0) is 59.7 Å². The van der Waals surface area contributed by atoms with Crippen molar-refractivity contribution in [3.8, 4) is 0 Å².